The van der Waals surface area contributed by atoms with E-state index in [1.807, 2.05) is 26.8 Å². The first-order valence-corrected chi connectivity index (χ1v) is 10.7. The lowest BCUT2D eigenvalue weighted by Crippen LogP contribution is -2.39. The highest BCUT2D eigenvalue weighted by molar-refractivity contribution is 6.31. The average molecular weight is 474 g/mol. The molecule has 0 atom stereocenters. The van der Waals surface area contributed by atoms with E-state index in [0.29, 0.717) is 41.9 Å². The van der Waals surface area contributed by atoms with E-state index in [-0.39, 0.29) is 11.8 Å². The van der Waals surface area contributed by atoms with Gasteiger partial charge in [-0.1, -0.05) is 17.7 Å². The molecule has 0 saturated carbocycles. The Labute approximate surface area is 194 Å². The summed E-state index contributed by atoms with van der Waals surface area (Å²) in [5.74, 6) is -1.45. The second kappa shape index (κ2) is 8.90. The van der Waals surface area contributed by atoms with Gasteiger partial charge in [-0.2, -0.15) is 0 Å². The number of fused-ring (bicyclic) bond motifs is 1. The third kappa shape index (κ3) is 5.03. The summed E-state index contributed by atoms with van der Waals surface area (Å²) in [6.07, 6.45) is 5.19. The van der Waals surface area contributed by atoms with Gasteiger partial charge in [0.1, 0.15) is 28.6 Å². The summed E-state index contributed by atoms with van der Waals surface area (Å²) in [6.45, 7) is 6.35. The Morgan fingerprint density at radius 1 is 1.21 bits per heavy atom. The Bertz CT molecular complexity index is 1260. The predicted octanol–water partition coefficient (Wildman–Crippen LogP) is 5.72. The summed E-state index contributed by atoms with van der Waals surface area (Å²) < 4.78 is 33.4. The van der Waals surface area contributed by atoms with Gasteiger partial charge in [0.25, 0.3) is 0 Å². The van der Waals surface area contributed by atoms with Crippen LogP contribution in [0.5, 0.6) is 0 Å². The molecular weight excluding hydrogens is 452 g/mol. The van der Waals surface area contributed by atoms with Crippen molar-refractivity contribution in [2.45, 2.75) is 32.8 Å². The predicted molar refractivity (Wildman–Crippen MR) is 122 cm³/mol. The molecule has 0 saturated heterocycles. The van der Waals surface area contributed by atoms with Crippen LogP contribution in [0.4, 0.5) is 25.1 Å². The topological polar surface area (TPSA) is 80.2 Å². The lowest BCUT2D eigenvalue weighted by Gasteiger charge is -2.30. The Morgan fingerprint density at radius 3 is 2.76 bits per heavy atom. The molecule has 172 valence electrons. The van der Waals surface area contributed by atoms with E-state index in [1.54, 1.807) is 17.2 Å². The summed E-state index contributed by atoms with van der Waals surface area (Å²) in [7, 11) is 0. The molecule has 0 fully saturated rings. The van der Waals surface area contributed by atoms with Crippen LogP contribution in [0.2, 0.25) is 5.02 Å². The minimum atomic E-state index is -0.916. The summed E-state index contributed by atoms with van der Waals surface area (Å²) in [5.41, 5.74) is 1.40. The molecule has 1 aromatic carbocycles. The van der Waals surface area contributed by atoms with Crippen LogP contribution < -0.4 is 5.32 Å². The Hall–Kier alpha value is -3.33. The molecule has 0 aliphatic carbocycles. The number of benzene rings is 1. The second-order valence-electron chi connectivity index (χ2n) is 8.58. The standard InChI is InChI=1S/C23H22ClF2N5O2/c1-23(2,3)33-22(32)31-8-4-5-13(11-31)17-9-14-18(10-27-17)28-12-29-21(14)30-16-7-6-15(25)19(24)20(16)26/h5-7,9-10,12H,4,8,11H2,1-3H3,(H,28,29,30). The number of carbonyl (C=O) groups is 1. The van der Waals surface area contributed by atoms with Crippen molar-refractivity contribution in [3.05, 3.63) is 59.2 Å². The fourth-order valence-corrected chi connectivity index (χ4v) is 3.56. The maximum Gasteiger partial charge on any atom is 0.410 e. The lowest BCUT2D eigenvalue weighted by atomic mass is 10.0. The van der Waals surface area contributed by atoms with E-state index in [0.717, 1.165) is 11.6 Å². The average Bonchev–Trinajstić information content (AvgIpc) is 2.78. The number of aromatic nitrogens is 3. The molecule has 2 aromatic heterocycles. The lowest BCUT2D eigenvalue weighted by molar-refractivity contribution is 0.0273. The monoisotopic (exact) mass is 473 g/mol. The minimum Gasteiger partial charge on any atom is -0.444 e. The molecule has 1 N–H and O–H groups in total. The van der Waals surface area contributed by atoms with Gasteiger partial charge < -0.3 is 15.0 Å². The minimum absolute atomic E-state index is 0.0206. The number of pyridine rings is 1. The maximum atomic E-state index is 14.4. The Kier molecular flexibility index (Phi) is 6.16. The Balaban J connectivity index is 1.64. The smallest absolute Gasteiger partial charge is 0.410 e. The van der Waals surface area contributed by atoms with E-state index in [2.05, 4.69) is 20.3 Å². The quantitative estimate of drug-likeness (QED) is 0.490. The normalized spacial score (nSPS) is 14.2. The molecule has 3 aromatic rings. The van der Waals surface area contributed by atoms with Crippen molar-refractivity contribution in [1.82, 2.24) is 19.9 Å². The first-order chi connectivity index (χ1) is 15.6. The van der Waals surface area contributed by atoms with Gasteiger partial charge in [0, 0.05) is 11.9 Å². The van der Waals surface area contributed by atoms with Crippen LogP contribution in [-0.2, 0) is 4.74 Å². The molecule has 1 amide bonds. The SMILES string of the molecule is CC(C)(C)OC(=O)N1CCC=C(c2cc3c(Nc4ccc(F)c(Cl)c4F)ncnc3cn2)C1. The molecule has 1 aliphatic heterocycles. The molecule has 7 nitrogen and oxygen atoms in total. The first-order valence-electron chi connectivity index (χ1n) is 10.3. The van der Waals surface area contributed by atoms with Gasteiger partial charge in [-0.25, -0.2) is 23.5 Å². The van der Waals surface area contributed by atoms with Crippen molar-refractivity contribution in [3.8, 4) is 0 Å². The number of carbonyl (C=O) groups excluding carboxylic acids is 1. The van der Waals surface area contributed by atoms with Gasteiger partial charge in [0.05, 0.1) is 29.6 Å². The molecule has 3 heterocycles. The zero-order valence-electron chi connectivity index (χ0n) is 18.3. The number of nitrogens with one attached hydrogen (secondary N) is 1. The number of hydrogen-bond donors (Lipinski definition) is 1. The number of anilines is 2. The number of halogens is 3. The fraction of sp³-hybridized carbons (Fsp3) is 0.304. The highest BCUT2D eigenvalue weighted by atomic mass is 35.5. The highest BCUT2D eigenvalue weighted by Gasteiger charge is 2.25. The van der Waals surface area contributed by atoms with Crippen LogP contribution in [0.1, 0.15) is 32.9 Å². The van der Waals surface area contributed by atoms with Crippen molar-refractivity contribution in [2.75, 3.05) is 18.4 Å². The maximum absolute atomic E-state index is 14.4. The molecule has 10 heteroatoms. The molecule has 0 spiro atoms. The summed E-state index contributed by atoms with van der Waals surface area (Å²) in [5, 5.41) is 2.84. The van der Waals surface area contributed by atoms with Crippen LogP contribution in [0.25, 0.3) is 16.5 Å². The van der Waals surface area contributed by atoms with Crippen LogP contribution >= 0.6 is 11.6 Å². The number of amides is 1. The van der Waals surface area contributed by atoms with E-state index in [4.69, 9.17) is 16.3 Å². The van der Waals surface area contributed by atoms with Gasteiger partial charge in [-0.05, 0) is 51.0 Å². The van der Waals surface area contributed by atoms with Gasteiger partial charge in [0.15, 0.2) is 5.82 Å². The summed E-state index contributed by atoms with van der Waals surface area (Å²) in [4.78, 5) is 27.0. The van der Waals surface area contributed by atoms with Crippen molar-refractivity contribution in [3.63, 3.8) is 0 Å². The second-order valence-corrected chi connectivity index (χ2v) is 8.95. The zero-order valence-corrected chi connectivity index (χ0v) is 19.1. The van der Waals surface area contributed by atoms with Crippen LogP contribution in [0, 0.1) is 11.6 Å². The van der Waals surface area contributed by atoms with Crippen molar-refractivity contribution in [1.29, 1.82) is 0 Å². The van der Waals surface area contributed by atoms with Crippen LogP contribution in [0.15, 0.2) is 36.8 Å². The molecular formula is C23H22ClF2N5O2. The van der Waals surface area contributed by atoms with Crippen molar-refractivity contribution >= 4 is 45.7 Å². The van der Waals surface area contributed by atoms with E-state index >= 15 is 0 Å². The van der Waals surface area contributed by atoms with Gasteiger partial charge in [-0.3, -0.25) is 4.98 Å². The van der Waals surface area contributed by atoms with Gasteiger partial charge in [0.2, 0.25) is 0 Å². The number of ether oxygens (including phenoxy) is 1. The number of nitrogens with zero attached hydrogens (tertiary/aromatic N) is 4. The first kappa shape index (κ1) is 22.8. The zero-order chi connectivity index (χ0) is 23.8. The molecule has 0 bridgehead atoms. The van der Waals surface area contributed by atoms with Crippen molar-refractivity contribution < 1.29 is 18.3 Å². The number of hydrogen-bond acceptors (Lipinski definition) is 6. The van der Waals surface area contributed by atoms with E-state index in [1.165, 1.54) is 12.4 Å². The molecule has 0 unspecified atom stereocenters. The molecule has 1 aliphatic rings. The fourth-order valence-electron chi connectivity index (χ4n) is 3.40. The van der Waals surface area contributed by atoms with Gasteiger partial charge >= 0.3 is 6.09 Å². The van der Waals surface area contributed by atoms with E-state index in [9.17, 15) is 13.6 Å². The molecule has 0 radical (unpaired) electrons. The third-order valence-electron chi connectivity index (χ3n) is 4.94. The Morgan fingerprint density at radius 2 is 2.00 bits per heavy atom. The van der Waals surface area contributed by atoms with Crippen molar-refractivity contribution in [2.24, 2.45) is 0 Å². The summed E-state index contributed by atoms with van der Waals surface area (Å²) in [6, 6.07) is 4.09. The third-order valence-corrected chi connectivity index (χ3v) is 5.29. The van der Waals surface area contributed by atoms with Gasteiger partial charge in [-0.15, -0.1) is 0 Å². The molecule has 33 heavy (non-hydrogen) atoms. The van der Waals surface area contributed by atoms with Crippen LogP contribution in [0.3, 0.4) is 0 Å². The van der Waals surface area contributed by atoms with E-state index < -0.39 is 22.3 Å². The summed E-state index contributed by atoms with van der Waals surface area (Å²) >= 11 is 5.69. The largest absolute Gasteiger partial charge is 0.444 e. The molecule has 4 rings (SSSR count). The van der Waals surface area contributed by atoms with Crippen LogP contribution in [-0.4, -0.2) is 44.6 Å². The number of rotatable bonds is 3. The highest BCUT2D eigenvalue weighted by Crippen LogP contribution is 2.31.